The van der Waals surface area contributed by atoms with Crippen LogP contribution in [0.1, 0.15) is 5.56 Å². The van der Waals surface area contributed by atoms with Gasteiger partial charge in [-0.3, -0.25) is 4.72 Å². The molecule has 0 atom stereocenters. The zero-order valence-electron chi connectivity index (χ0n) is 10.4. The lowest BCUT2D eigenvalue weighted by molar-refractivity contribution is 0.583. The van der Waals surface area contributed by atoms with Crippen molar-refractivity contribution in [3.63, 3.8) is 0 Å². The van der Waals surface area contributed by atoms with E-state index in [-0.39, 0.29) is 21.8 Å². The van der Waals surface area contributed by atoms with Crippen LogP contribution < -0.4 is 10.5 Å². The van der Waals surface area contributed by atoms with Crippen LogP contribution in [0, 0.1) is 18.7 Å². The van der Waals surface area contributed by atoms with Crippen LogP contribution >= 0.6 is 0 Å². The van der Waals surface area contributed by atoms with Crippen LogP contribution in [0.4, 0.5) is 20.2 Å². The van der Waals surface area contributed by atoms with Crippen molar-refractivity contribution in [2.24, 2.45) is 0 Å². The van der Waals surface area contributed by atoms with Crippen LogP contribution in [0.5, 0.6) is 0 Å². The van der Waals surface area contributed by atoms with Gasteiger partial charge in [-0.15, -0.1) is 0 Å². The summed E-state index contributed by atoms with van der Waals surface area (Å²) in [5, 5.41) is 0. The molecule has 0 bridgehead atoms. The molecule has 0 aliphatic carbocycles. The molecule has 0 saturated carbocycles. The Morgan fingerprint density at radius 1 is 1.25 bits per heavy atom. The van der Waals surface area contributed by atoms with Crippen molar-refractivity contribution in [2.75, 3.05) is 10.5 Å². The van der Waals surface area contributed by atoms with Crippen molar-refractivity contribution in [2.45, 2.75) is 11.8 Å². The minimum atomic E-state index is -4.02. The number of nitrogens with one attached hydrogen (secondary N) is 1. The maximum absolute atomic E-state index is 13.5. The lowest BCUT2D eigenvalue weighted by Crippen LogP contribution is -2.14. The van der Waals surface area contributed by atoms with E-state index in [9.17, 15) is 17.2 Å². The first-order valence-electron chi connectivity index (χ1n) is 5.49. The first-order valence-corrected chi connectivity index (χ1v) is 6.98. The molecule has 1 aromatic heterocycles. The molecule has 20 heavy (non-hydrogen) atoms. The summed E-state index contributed by atoms with van der Waals surface area (Å²) in [7, 11) is -4.02. The summed E-state index contributed by atoms with van der Waals surface area (Å²) in [6, 6.07) is 4.22. The van der Waals surface area contributed by atoms with E-state index in [1.54, 1.807) is 0 Å². The fourth-order valence-corrected chi connectivity index (χ4v) is 2.57. The number of nitrogen functional groups attached to an aromatic ring is 1. The van der Waals surface area contributed by atoms with E-state index < -0.39 is 21.8 Å². The summed E-state index contributed by atoms with van der Waals surface area (Å²) >= 11 is 0. The van der Waals surface area contributed by atoms with Crippen LogP contribution in [0.25, 0.3) is 0 Å². The van der Waals surface area contributed by atoms with Crippen molar-refractivity contribution in [1.82, 2.24) is 4.98 Å². The lowest BCUT2D eigenvalue weighted by atomic mass is 10.2. The monoisotopic (exact) mass is 299 g/mol. The SMILES string of the molecule is Cc1c(N)cc(S(=O)(=O)Nc2ccc(F)nc2)cc1F. The maximum atomic E-state index is 13.5. The minimum absolute atomic E-state index is 0.0302. The molecule has 0 spiro atoms. The Morgan fingerprint density at radius 3 is 2.50 bits per heavy atom. The Bertz CT molecular complexity index is 723. The van der Waals surface area contributed by atoms with Gasteiger partial charge in [-0.2, -0.15) is 4.39 Å². The van der Waals surface area contributed by atoms with E-state index in [2.05, 4.69) is 9.71 Å². The quantitative estimate of drug-likeness (QED) is 0.671. The van der Waals surface area contributed by atoms with Crippen molar-refractivity contribution in [3.8, 4) is 0 Å². The van der Waals surface area contributed by atoms with Gasteiger partial charge in [0.05, 0.1) is 16.8 Å². The molecule has 2 rings (SSSR count). The topological polar surface area (TPSA) is 85.1 Å². The summed E-state index contributed by atoms with van der Waals surface area (Å²) in [5.41, 5.74) is 5.80. The summed E-state index contributed by atoms with van der Waals surface area (Å²) in [4.78, 5) is 3.00. The minimum Gasteiger partial charge on any atom is -0.398 e. The predicted octanol–water partition coefficient (Wildman–Crippen LogP) is 2.05. The van der Waals surface area contributed by atoms with Gasteiger partial charge < -0.3 is 5.73 Å². The molecule has 106 valence electrons. The van der Waals surface area contributed by atoms with E-state index in [0.29, 0.717) is 0 Å². The van der Waals surface area contributed by atoms with Gasteiger partial charge in [0, 0.05) is 11.3 Å². The number of hydrogen-bond acceptors (Lipinski definition) is 4. The highest BCUT2D eigenvalue weighted by Crippen LogP contribution is 2.22. The number of nitrogens with two attached hydrogens (primary N) is 1. The Labute approximate surface area is 114 Å². The molecular formula is C12H11F2N3O2S. The van der Waals surface area contributed by atoms with E-state index in [4.69, 9.17) is 5.73 Å². The van der Waals surface area contributed by atoms with Gasteiger partial charge in [0.15, 0.2) is 0 Å². The number of halogens is 2. The zero-order valence-corrected chi connectivity index (χ0v) is 11.2. The van der Waals surface area contributed by atoms with Gasteiger partial charge in [0.1, 0.15) is 5.82 Å². The average molecular weight is 299 g/mol. The number of aromatic nitrogens is 1. The van der Waals surface area contributed by atoms with Crippen LogP contribution in [0.15, 0.2) is 35.4 Å². The van der Waals surface area contributed by atoms with Gasteiger partial charge in [-0.25, -0.2) is 17.8 Å². The second-order valence-corrected chi connectivity index (χ2v) is 5.78. The van der Waals surface area contributed by atoms with Crippen LogP contribution in [-0.2, 0) is 10.0 Å². The van der Waals surface area contributed by atoms with E-state index in [1.807, 2.05) is 0 Å². The molecule has 1 aromatic carbocycles. The van der Waals surface area contributed by atoms with Crippen molar-refractivity contribution in [1.29, 1.82) is 0 Å². The zero-order chi connectivity index (χ0) is 14.9. The molecule has 0 radical (unpaired) electrons. The first kappa shape index (κ1) is 14.2. The van der Waals surface area contributed by atoms with Gasteiger partial charge >= 0.3 is 0 Å². The average Bonchev–Trinajstić information content (AvgIpc) is 2.38. The van der Waals surface area contributed by atoms with E-state index in [0.717, 1.165) is 24.4 Å². The highest BCUT2D eigenvalue weighted by molar-refractivity contribution is 7.92. The Hall–Kier alpha value is -2.22. The fraction of sp³-hybridized carbons (Fsp3) is 0.0833. The Kier molecular flexibility index (Phi) is 3.58. The number of benzene rings is 1. The molecule has 0 fully saturated rings. The third kappa shape index (κ3) is 2.85. The standard InChI is InChI=1S/C12H11F2N3O2S/c1-7-10(13)4-9(5-11(7)15)20(18,19)17-8-2-3-12(14)16-6-8/h2-6,17H,15H2,1H3. The second kappa shape index (κ2) is 5.04. The fourth-order valence-electron chi connectivity index (χ4n) is 1.48. The number of sulfonamides is 1. The molecule has 3 N–H and O–H groups in total. The smallest absolute Gasteiger partial charge is 0.262 e. The molecule has 0 unspecified atom stereocenters. The summed E-state index contributed by atoms with van der Waals surface area (Å²) in [5.74, 6) is -1.46. The molecule has 0 saturated heterocycles. The molecule has 1 heterocycles. The van der Waals surface area contributed by atoms with Gasteiger partial charge in [-0.1, -0.05) is 0 Å². The molecular weight excluding hydrogens is 288 g/mol. The number of nitrogens with zero attached hydrogens (tertiary/aromatic N) is 1. The van der Waals surface area contributed by atoms with E-state index in [1.165, 1.54) is 13.0 Å². The maximum Gasteiger partial charge on any atom is 0.262 e. The number of pyridine rings is 1. The molecule has 2 aromatic rings. The van der Waals surface area contributed by atoms with Gasteiger partial charge in [0.25, 0.3) is 10.0 Å². The van der Waals surface area contributed by atoms with Crippen LogP contribution in [-0.4, -0.2) is 13.4 Å². The third-order valence-electron chi connectivity index (χ3n) is 2.65. The molecule has 8 heteroatoms. The summed E-state index contributed by atoms with van der Waals surface area (Å²) in [6.45, 7) is 1.44. The highest BCUT2D eigenvalue weighted by Gasteiger charge is 2.17. The van der Waals surface area contributed by atoms with Crippen molar-refractivity contribution in [3.05, 3.63) is 47.8 Å². The number of hydrogen-bond donors (Lipinski definition) is 2. The van der Waals surface area contributed by atoms with Crippen molar-refractivity contribution < 1.29 is 17.2 Å². The van der Waals surface area contributed by atoms with Crippen LogP contribution in [0.3, 0.4) is 0 Å². The first-order chi connectivity index (χ1) is 9.29. The Balaban J connectivity index is 2.38. The lowest BCUT2D eigenvalue weighted by Gasteiger charge is -2.10. The second-order valence-electron chi connectivity index (χ2n) is 4.09. The molecule has 5 nitrogen and oxygen atoms in total. The summed E-state index contributed by atoms with van der Waals surface area (Å²) in [6.07, 6.45) is 1.01. The van der Waals surface area contributed by atoms with E-state index >= 15 is 0 Å². The highest BCUT2D eigenvalue weighted by atomic mass is 32.2. The molecule has 0 aliphatic heterocycles. The molecule has 0 aliphatic rings. The number of rotatable bonds is 3. The third-order valence-corrected chi connectivity index (χ3v) is 4.01. The molecule has 0 amide bonds. The van der Waals surface area contributed by atoms with Gasteiger partial charge in [-0.05, 0) is 31.2 Å². The van der Waals surface area contributed by atoms with Crippen LogP contribution in [0.2, 0.25) is 0 Å². The normalized spacial score (nSPS) is 11.3. The number of anilines is 2. The predicted molar refractivity (Wildman–Crippen MR) is 70.6 cm³/mol. The Morgan fingerprint density at radius 2 is 1.95 bits per heavy atom. The summed E-state index contributed by atoms with van der Waals surface area (Å²) < 4.78 is 52.4. The largest absolute Gasteiger partial charge is 0.398 e. The van der Waals surface area contributed by atoms with Gasteiger partial charge in [0.2, 0.25) is 5.95 Å². The van der Waals surface area contributed by atoms with Crippen molar-refractivity contribution >= 4 is 21.4 Å².